The average Bonchev–Trinajstić information content (AvgIpc) is 2.75. The number of aryl methyl sites for hydroxylation is 2. The molecule has 0 N–H and O–H groups in total. The van der Waals surface area contributed by atoms with Crippen LogP contribution in [-0.4, -0.2) is 5.78 Å². The van der Waals surface area contributed by atoms with Crippen molar-refractivity contribution in [2.24, 2.45) is 5.92 Å². The minimum atomic E-state index is 0.208. The number of Topliss-reactive ketones (excluding diaryl/α,β-unsaturated/α-hetero) is 1. The monoisotopic (exact) mass is 236 g/mol. The van der Waals surface area contributed by atoms with E-state index in [1.807, 2.05) is 26.0 Å². The third-order valence-electron chi connectivity index (χ3n) is 3.57. The van der Waals surface area contributed by atoms with Crippen LogP contribution in [0.1, 0.15) is 47.2 Å². The number of rotatable bonds is 2. The molecule has 0 bridgehead atoms. The van der Waals surface area contributed by atoms with Crippen LogP contribution in [0.4, 0.5) is 0 Å². The van der Waals surface area contributed by atoms with Gasteiger partial charge in [0.15, 0.2) is 5.78 Å². The average molecular weight is 237 g/mol. The lowest BCUT2D eigenvalue weighted by Gasteiger charge is -2.11. The first-order valence-electron chi connectivity index (χ1n) is 5.90. The van der Waals surface area contributed by atoms with Crippen molar-refractivity contribution < 1.29 is 4.79 Å². The fourth-order valence-corrected chi connectivity index (χ4v) is 2.69. The highest BCUT2D eigenvalue weighted by molar-refractivity contribution is 6.34. The van der Waals surface area contributed by atoms with E-state index in [1.165, 1.54) is 12.8 Å². The maximum atomic E-state index is 12.2. The van der Waals surface area contributed by atoms with Crippen molar-refractivity contribution in [3.8, 4) is 0 Å². The molecule has 1 aliphatic carbocycles. The van der Waals surface area contributed by atoms with Crippen molar-refractivity contribution >= 4 is 17.4 Å². The molecule has 86 valence electrons. The van der Waals surface area contributed by atoms with Crippen LogP contribution in [0.3, 0.4) is 0 Å². The van der Waals surface area contributed by atoms with Gasteiger partial charge in [-0.3, -0.25) is 4.79 Å². The van der Waals surface area contributed by atoms with Crippen LogP contribution in [0.15, 0.2) is 12.1 Å². The summed E-state index contributed by atoms with van der Waals surface area (Å²) in [4.78, 5) is 12.2. The Balaban J connectivity index is 2.32. The van der Waals surface area contributed by atoms with Gasteiger partial charge in [0.2, 0.25) is 0 Å². The number of carbonyl (C=O) groups excluding carboxylic acids is 1. The van der Waals surface area contributed by atoms with Gasteiger partial charge in [0.25, 0.3) is 0 Å². The molecule has 0 radical (unpaired) electrons. The molecule has 0 heterocycles. The summed E-state index contributed by atoms with van der Waals surface area (Å²) in [6.07, 6.45) is 4.42. The lowest BCUT2D eigenvalue weighted by Crippen LogP contribution is -2.12. The van der Waals surface area contributed by atoms with E-state index in [9.17, 15) is 4.79 Å². The van der Waals surface area contributed by atoms with Crippen molar-refractivity contribution in [1.82, 2.24) is 0 Å². The standard InChI is InChI=1S/C14H17ClO/c1-9-7-12(13(15)8-10(9)2)14(16)11-5-3-4-6-11/h7-8,11H,3-6H2,1-2H3. The highest BCUT2D eigenvalue weighted by Crippen LogP contribution is 2.31. The summed E-state index contributed by atoms with van der Waals surface area (Å²) in [5.74, 6) is 0.449. The summed E-state index contributed by atoms with van der Waals surface area (Å²) in [7, 11) is 0. The van der Waals surface area contributed by atoms with Crippen LogP contribution in [0.5, 0.6) is 0 Å². The molecule has 1 nitrogen and oxygen atoms in total. The Kier molecular flexibility index (Phi) is 3.34. The highest BCUT2D eigenvalue weighted by atomic mass is 35.5. The summed E-state index contributed by atoms with van der Waals surface area (Å²) in [6.45, 7) is 4.04. The third-order valence-corrected chi connectivity index (χ3v) is 3.89. The molecule has 2 rings (SSSR count). The van der Waals surface area contributed by atoms with E-state index < -0.39 is 0 Å². The Hall–Kier alpha value is -0.820. The Morgan fingerprint density at radius 3 is 2.38 bits per heavy atom. The number of ketones is 1. The van der Waals surface area contributed by atoms with Crippen molar-refractivity contribution in [3.05, 3.63) is 33.8 Å². The summed E-state index contributed by atoms with van der Waals surface area (Å²) < 4.78 is 0. The third kappa shape index (κ3) is 2.15. The number of benzene rings is 1. The summed E-state index contributed by atoms with van der Waals surface area (Å²) in [5, 5.41) is 0.611. The van der Waals surface area contributed by atoms with Gasteiger partial charge in [-0.15, -0.1) is 0 Å². The summed E-state index contributed by atoms with van der Waals surface area (Å²) in [5.41, 5.74) is 3.01. The van der Waals surface area contributed by atoms with Crippen LogP contribution >= 0.6 is 11.6 Å². The van der Waals surface area contributed by atoms with Crippen molar-refractivity contribution in [2.45, 2.75) is 39.5 Å². The first-order valence-corrected chi connectivity index (χ1v) is 6.28. The van der Waals surface area contributed by atoms with Gasteiger partial charge in [-0.05, 0) is 49.9 Å². The van der Waals surface area contributed by atoms with E-state index >= 15 is 0 Å². The molecule has 0 saturated heterocycles. The topological polar surface area (TPSA) is 17.1 Å². The molecule has 1 fully saturated rings. The van der Waals surface area contributed by atoms with Crippen LogP contribution in [0.2, 0.25) is 5.02 Å². The van der Waals surface area contributed by atoms with Gasteiger partial charge >= 0.3 is 0 Å². The largest absolute Gasteiger partial charge is 0.294 e. The maximum absolute atomic E-state index is 12.2. The van der Waals surface area contributed by atoms with E-state index in [2.05, 4.69) is 0 Å². The van der Waals surface area contributed by atoms with Crippen molar-refractivity contribution in [3.63, 3.8) is 0 Å². The summed E-state index contributed by atoms with van der Waals surface area (Å²) >= 11 is 6.15. The lowest BCUT2D eigenvalue weighted by atomic mass is 9.94. The van der Waals surface area contributed by atoms with E-state index in [4.69, 9.17) is 11.6 Å². The second kappa shape index (κ2) is 4.58. The van der Waals surface area contributed by atoms with Crippen LogP contribution < -0.4 is 0 Å². The number of halogens is 1. The Bertz CT molecular complexity index is 417. The Morgan fingerprint density at radius 2 is 1.75 bits per heavy atom. The first kappa shape index (κ1) is 11.7. The molecule has 0 amide bonds. The van der Waals surface area contributed by atoms with Gasteiger partial charge in [0, 0.05) is 11.5 Å². The molecule has 0 aromatic heterocycles. The molecule has 1 saturated carbocycles. The zero-order valence-corrected chi connectivity index (χ0v) is 10.6. The molecule has 0 atom stereocenters. The van der Waals surface area contributed by atoms with E-state index in [0.29, 0.717) is 5.02 Å². The molecule has 16 heavy (non-hydrogen) atoms. The molecule has 1 aromatic rings. The molecular formula is C14H17ClO. The van der Waals surface area contributed by atoms with Gasteiger partial charge in [-0.1, -0.05) is 24.4 Å². The normalized spacial score (nSPS) is 16.7. The van der Waals surface area contributed by atoms with Gasteiger partial charge in [-0.2, -0.15) is 0 Å². The Morgan fingerprint density at radius 1 is 1.19 bits per heavy atom. The maximum Gasteiger partial charge on any atom is 0.167 e. The van der Waals surface area contributed by atoms with Crippen LogP contribution in [0, 0.1) is 19.8 Å². The fourth-order valence-electron chi connectivity index (χ4n) is 2.38. The van der Waals surface area contributed by atoms with Gasteiger partial charge in [0.05, 0.1) is 5.02 Å². The van der Waals surface area contributed by atoms with Crippen LogP contribution in [-0.2, 0) is 0 Å². The Labute approximate surface area is 102 Å². The highest BCUT2D eigenvalue weighted by Gasteiger charge is 2.25. The minimum absolute atomic E-state index is 0.208. The van der Waals surface area contributed by atoms with Crippen LogP contribution in [0.25, 0.3) is 0 Å². The van der Waals surface area contributed by atoms with Gasteiger partial charge < -0.3 is 0 Å². The molecule has 1 aliphatic rings. The number of hydrogen-bond donors (Lipinski definition) is 0. The summed E-state index contributed by atoms with van der Waals surface area (Å²) in [6, 6.07) is 3.84. The second-order valence-electron chi connectivity index (χ2n) is 4.76. The molecule has 2 heteroatoms. The molecule has 0 unspecified atom stereocenters. The SMILES string of the molecule is Cc1cc(Cl)c(C(=O)C2CCCC2)cc1C. The predicted octanol–water partition coefficient (Wildman–Crippen LogP) is 4.33. The molecule has 0 spiro atoms. The second-order valence-corrected chi connectivity index (χ2v) is 5.17. The fraction of sp³-hybridized carbons (Fsp3) is 0.500. The number of carbonyl (C=O) groups is 1. The first-order chi connectivity index (χ1) is 7.59. The van der Waals surface area contributed by atoms with E-state index in [-0.39, 0.29) is 11.7 Å². The molecular weight excluding hydrogens is 220 g/mol. The van der Waals surface area contributed by atoms with Crippen molar-refractivity contribution in [2.75, 3.05) is 0 Å². The van der Waals surface area contributed by atoms with E-state index in [0.717, 1.165) is 29.5 Å². The minimum Gasteiger partial charge on any atom is -0.294 e. The van der Waals surface area contributed by atoms with Gasteiger partial charge in [0.1, 0.15) is 0 Å². The van der Waals surface area contributed by atoms with E-state index in [1.54, 1.807) is 0 Å². The lowest BCUT2D eigenvalue weighted by molar-refractivity contribution is 0.0923. The quantitative estimate of drug-likeness (QED) is 0.699. The molecule has 1 aromatic carbocycles. The number of hydrogen-bond acceptors (Lipinski definition) is 1. The van der Waals surface area contributed by atoms with Crippen molar-refractivity contribution in [1.29, 1.82) is 0 Å². The molecule has 0 aliphatic heterocycles. The zero-order chi connectivity index (χ0) is 11.7. The van der Waals surface area contributed by atoms with Gasteiger partial charge in [-0.25, -0.2) is 0 Å². The predicted molar refractivity (Wildman–Crippen MR) is 67.2 cm³/mol. The smallest absolute Gasteiger partial charge is 0.167 e. The zero-order valence-electron chi connectivity index (χ0n) is 9.85.